The molecule has 1 N–H and O–H groups in total. The van der Waals surface area contributed by atoms with Crippen molar-refractivity contribution in [1.29, 1.82) is 0 Å². The van der Waals surface area contributed by atoms with E-state index in [0.717, 1.165) is 12.1 Å². The topological polar surface area (TPSA) is 54.4 Å². The van der Waals surface area contributed by atoms with Crippen molar-refractivity contribution in [3.63, 3.8) is 0 Å². The van der Waals surface area contributed by atoms with Gasteiger partial charge in [0.2, 0.25) is 0 Å². The van der Waals surface area contributed by atoms with E-state index in [1.54, 1.807) is 0 Å². The van der Waals surface area contributed by atoms with E-state index in [1.807, 2.05) is 0 Å². The van der Waals surface area contributed by atoms with Gasteiger partial charge in [0, 0.05) is 29.6 Å². The van der Waals surface area contributed by atoms with Gasteiger partial charge >= 0.3 is 0 Å². The molecule has 0 aliphatic heterocycles. The zero-order chi connectivity index (χ0) is 14.5. The van der Waals surface area contributed by atoms with Gasteiger partial charge in [-0.25, -0.2) is 14.2 Å². The van der Waals surface area contributed by atoms with Crippen LogP contribution < -0.4 is 5.43 Å². The summed E-state index contributed by atoms with van der Waals surface area (Å²) in [5, 5.41) is 3.80. The third-order valence-corrected chi connectivity index (χ3v) is 2.59. The maximum absolute atomic E-state index is 13.5. The first-order valence-electron chi connectivity index (χ1n) is 5.78. The molecule has 0 fully saturated rings. The number of aromatic nitrogens is 1. The maximum Gasteiger partial charge on any atom is 0.271 e. The minimum absolute atomic E-state index is 0.126. The first kappa shape index (κ1) is 13.8. The lowest BCUT2D eigenvalue weighted by atomic mass is 10.1. The van der Waals surface area contributed by atoms with Gasteiger partial charge in [0.1, 0.15) is 11.6 Å². The van der Waals surface area contributed by atoms with Gasteiger partial charge in [0.05, 0.1) is 5.71 Å². The van der Waals surface area contributed by atoms with Gasteiger partial charge in [-0.1, -0.05) is 0 Å². The standard InChI is InChI=1S/C14H11F2N3O/c1-9(12-3-2-11(15)8-13(12)16)18-19-14(20)10-4-6-17-7-5-10/h2-8H,1H3,(H,19,20). The van der Waals surface area contributed by atoms with Crippen molar-refractivity contribution in [3.05, 3.63) is 65.5 Å². The number of halogens is 2. The molecule has 0 unspecified atom stereocenters. The fraction of sp³-hybridized carbons (Fsp3) is 0.0714. The molecule has 0 aliphatic carbocycles. The van der Waals surface area contributed by atoms with Gasteiger partial charge in [-0.3, -0.25) is 9.78 Å². The summed E-state index contributed by atoms with van der Waals surface area (Å²) in [5.41, 5.74) is 3.05. The Morgan fingerprint density at radius 1 is 1.20 bits per heavy atom. The molecule has 4 nitrogen and oxygen atoms in total. The van der Waals surface area contributed by atoms with Crippen LogP contribution in [0.5, 0.6) is 0 Å². The molecule has 1 aromatic heterocycles. The third-order valence-electron chi connectivity index (χ3n) is 2.59. The van der Waals surface area contributed by atoms with Crippen LogP contribution in [0.25, 0.3) is 0 Å². The van der Waals surface area contributed by atoms with Crippen LogP contribution in [0, 0.1) is 11.6 Å². The predicted molar refractivity (Wildman–Crippen MR) is 70.3 cm³/mol. The minimum atomic E-state index is -0.732. The number of benzene rings is 1. The number of nitrogens with zero attached hydrogens (tertiary/aromatic N) is 2. The smallest absolute Gasteiger partial charge is 0.267 e. The maximum atomic E-state index is 13.5. The van der Waals surface area contributed by atoms with Gasteiger partial charge in [-0.15, -0.1) is 0 Å². The number of hydrogen-bond acceptors (Lipinski definition) is 3. The van der Waals surface area contributed by atoms with Gasteiger partial charge in [-0.2, -0.15) is 5.10 Å². The normalized spacial score (nSPS) is 11.2. The number of pyridine rings is 1. The SMILES string of the molecule is CC(=NNC(=O)c1ccncc1)c1ccc(F)cc1F. The van der Waals surface area contributed by atoms with E-state index in [0.29, 0.717) is 5.56 Å². The Morgan fingerprint density at radius 3 is 2.55 bits per heavy atom. The molecule has 6 heteroatoms. The average molecular weight is 275 g/mol. The van der Waals surface area contributed by atoms with Gasteiger partial charge in [0.15, 0.2) is 0 Å². The van der Waals surface area contributed by atoms with Crippen molar-refractivity contribution in [3.8, 4) is 0 Å². The summed E-state index contributed by atoms with van der Waals surface area (Å²) in [5.74, 6) is -1.83. The highest BCUT2D eigenvalue weighted by Crippen LogP contribution is 2.10. The molecule has 0 bridgehead atoms. The van der Waals surface area contributed by atoms with Crippen LogP contribution in [0.4, 0.5) is 8.78 Å². The molecule has 0 spiro atoms. The summed E-state index contributed by atoms with van der Waals surface area (Å²) in [4.78, 5) is 15.5. The Balaban J connectivity index is 2.13. The Kier molecular flexibility index (Phi) is 4.14. The number of nitrogens with one attached hydrogen (secondary N) is 1. The van der Waals surface area contributed by atoms with E-state index >= 15 is 0 Å². The third kappa shape index (κ3) is 3.23. The van der Waals surface area contributed by atoms with E-state index in [4.69, 9.17) is 0 Å². The van der Waals surface area contributed by atoms with Gasteiger partial charge in [0.25, 0.3) is 5.91 Å². The fourth-order valence-corrected chi connectivity index (χ4v) is 1.55. The highest BCUT2D eigenvalue weighted by Gasteiger charge is 2.08. The zero-order valence-electron chi connectivity index (χ0n) is 10.6. The molecule has 2 aromatic rings. The Bertz CT molecular complexity index is 657. The molecule has 0 radical (unpaired) electrons. The van der Waals surface area contributed by atoms with Crippen molar-refractivity contribution < 1.29 is 13.6 Å². The number of rotatable bonds is 3. The molecule has 20 heavy (non-hydrogen) atoms. The van der Waals surface area contributed by atoms with Gasteiger partial charge < -0.3 is 0 Å². The Morgan fingerprint density at radius 2 is 1.90 bits per heavy atom. The average Bonchev–Trinajstić information content (AvgIpc) is 2.45. The lowest BCUT2D eigenvalue weighted by Crippen LogP contribution is -2.19. The van der Waals surface area contributed by atoms with Gasteiger partial charge in [-0.05, 0) is 31.2 Å². The van der Waals surface area contributed by atoms with Crippen molar-refractivity contribution in [2.24, 2.45) is 5.10 Å². The lowest BCUT2D eigenvalue weighted by molar-refractivity contribution is 0.0954. The summed E-state index contributed by atoms with van der Waals surface area (Å²) in [7, 11) is 0. The second-order valence-electron chi connectivity index (χ2n) is 4.00. The highest BCUT2D eigenvalue weighted by molar-refractivity contribution is 6.00. The molecule has 102 valence electrons. The zero-order valence-corrected chi connectivity index (χ0v) is 10.6. The number of hydrazone groups is 1. The largest absolute Gasteiger partial charge is 0.271 e. The van der Waals surface area contributed by atoms with Crippen LogP contribution in [-0.2, 0) is 0 Å². The van der Waals surface area contributed by atoms with Crippen molar-refractivity contribution >= 4 is 11.6 Å². The van der Waals surface area contributed by atoms with Crippen LogP contribution in [0.1, 0.15) is 22.8 Å². The predicted octanol–water partition coefficient (Wildman–Crippen LogP) is 2.51. The molecule has 0 aliphatic rings. The van der Waals surface area contributed by atoms with Crippen LogP contribution in [0.15, 0.2) is 47.8 Å². The molecule has 2 rings (SSSR count). The highest BCUT2D eigenvalue weighted by atomic mass is 19.1. The summed E-state index contributed by atoms with van der Waals surface area (Å²) >= 11 is 0. The first-order chi connectivity index (χ1) is 9.58. The monoisotopic (exact) mass is 275 g/mol. The molecular formula is C14H11F2N3O. The summed E-state index contributed by atoms with van der Waals surface area (Å²) in [6.07, 6.45) is 2.95. The molecule has 1 aromatic carbocycles. The van der Waals surface area contributed by atoms with Crippen molar-refractivity contribution in [1.82, 2.24) is 10.4 Å². The molecule has 0 saturated heterocycles. The Hall–Kier alpha value is -2.63. The summed E-state index contributed by atoms with van der Waals surface area (Å²) < 4.78 is 26.3. The molecule has 0 saturated carbocycles. The molecule has 1 heterocycles. The second-order valence-corrected chi connectivity index (χ2v) is 4.00. The van der Waals surface area contributed by atoms with Crippen molar-refractivity contribution in [2.45, 2.75) is 6.92 Å². The van der Waals surface area contributed by atoms with Crippen LogP contribution in [0.3, 0.4) is 0 Å². The number of carbonyl (C=O) groups excluding carboxylic acids is 1. The van der Waals surface area contributed by atoms with E-state index in [1.165, 1.54) is 37.5 Å². The summed E-state index contributed by atoms with van der Waals surface area (Å²) in [6.45, 7) is 1.52. The lowest BCUT2D eigenvalue weighted by Gasteiger charge is -2.04. The van der Waals surface area contributed by atoms with E-state index in [9.17, 15) is 13.6 Å². The van der Waals surface area contributed by atoms with E-state index in [2.05, 4.69) is 15.5 Å². The summed E-state index contributed by atoms with van der Waals surface area (Å²) in [6, 6.07) is 6.21. The fourth-order valence-electron chi connectivity index (χ4n) is 1.55. The quantitative estimate of drug-likeness (QED) is 0.691. The molecule has 1 amide bonds. The number of amides is 1. The number of carbonyl (C=O) groups is 1. The molecular weight excluding hydrogens is 264 g/mol. The van der Waals surface area contributed by atoms with Crippen LogP contribution in [0.2, 0.25) is 0 Å². The minimum Gasteiger partial charge on any atom is -0.267 e. The molecule has 0 atom stereocenters. The van der Waals surface area contributed by atoms with Crippen LogP contribution >= 0.6 is 0 Å². The first-order valence-corrected chi connectivity index (χ1v) is 5.78. The van der Waals surface area contributed by atoms with Crippen molar-refractivity contribution in [2.75, 3.05) is 0 Å². The number of hydrogen-bond donors (Lipinski definition) is 1. The van der Waals surface area contributed by atoms with E-state index in [-0.39, 0.29) is 11.3 Å². The van der Waals surface area contributed by atoms with E-state index < -0.39 is 17.5 Å². The van der Waals surface area contributed by atoms with Crippen LogP contribution in [-0.4, -0.2) is 16.6 Å². The Labute approximate surface area is 114 Å². The second kappa shape index (κ2) is 6.01.